The fourth-order valence-corrected chi connectivity index (χ4v) is 8.39. The summed E-state index contributed by atoms with van der Waals surface area (Å²) in [4.78, 5) is 2.34. The van der Waals surface area contributed by atoms with Crippen molar-refractivity contribution >= 4 is 81.3 Å². The van der Waals surface area contributed by atoms with Gasteiger partial charge in [-0.05, 0) is 93.7 Å². The number of hydrogen-bond donors (Lipinski definition) is 0. The smallest absolute Gasteiger partial charge is 0.137 e. The molecule has 10 rings (SSSR count). The van der Waals surface area contributed by atoms with E-state index in [1.807, 2.05) is 23.5 Å². The Bertz CT molecular complexity index is 2840. The van der Waals surface area contributed by atoms with E-state index >= 15 is 0 Å². The Labute approximate surface area is 287 Å². The first kappa shape index (κ1) is 27.9. The van der Waals surface area contributed by atoms with Crippen LogP contribution in [0.5, 0.6) is 0 Å². The minimum absolute atomic E-state index is 0.882. The maximum Gasteiger partial charge on any atom is 0.137 e. The van der Waals surface area contributed by atoms with E-state index in [4.69, 9.17) is 4.42 Å². The monoisotopic (exact) mass is 643 g/mol. The van der Waals surface area contributed by atoms with Gasteiger partial charge in [0.1, 0.15) is 11.2 Å². The van der Waals surface area contributed by atoms with Gasteiger partial charge in [-0.1, -0.05) is 109 Å². The van der Waals surface area contributed by atoms with E-state index in [2.05, 4.69) is 169 Å². The minimum Gasteiger partial charge on any atom is -0.456 e. The van der Waals surface area contributed by atoms with Crippen LogP contribution in [0.2, 0.25) is 0 Å². The molecular formula is C46H29NOS. The zero-order valence-corrected chi connectivity index (χ0v) is 27.3. The SMILES string of the molecule is c1cc(-c2ccc(N(c3ccc4c(c3)oc3ccccc34)c3ccc4sc5ccccc5c4c3)cc2)cc(-c2cccc3ccccc23)c1. The molecule has 8 aromatic carbocycles. The van der Waals surface area contributed by atoms with Gasteiger partial charge in [-0.3, -0.25) is 0 Å². The third-order valence-electron chi connectivity index (χ3n) is 9.66. The lowest BCUT2D eigenvalue weighted by atomic mass is 9.95. The van der Waals surface area contributed by atoms with Crippen LogP contribution >= 0.6 is 11.3 Å². The topological polar surface area (TPSA) is 16.4 Å². The summed E-state index contributed by atoms with van der Waals surface area (Å²) in [5.74, 6) is 0. The van der Waals surface area contributed by atoms with Crippen molar-refractivity contribution < 1.29 is 4.42 Å². The van der Waals surface area contributed by atoms with Gasteiger partial charge < -0.3 is 9.32 Å². The van der Waals surface area contributed by atoms with Crippen molar-refractivity contribution in [2.45, 2.75) is 0 Å². The fourth-order valence-electron chi connectivity index (χ4n) is 7.30. The number of para-hydroxylation sites is 1. The molecule has 0 aliphatic rings. The number of furan rings is 1. The zero-order valence-electron chi connectivity index (χ0n) is 26.5. The molecule has 0 radical (unpaired) electrons. The highest BCUT2D eigenvalue weighted by Crippen LogP contribution is 2.42. The first-order valence-corrected chi connectivity index (χ1v) is 17.4. The highest BCUT2D eigenvalue weighted by molar-refractivity contribution is 7.25. The van der Waals surface area contributed by atoms with Crippen molar-refractivity contribution in [1.29, 1.82) is 0 Å². The summed E-state index contributed by atoms with van der Waals surface area (Å²) in [5.41, 5.74) is 9.87. The lowest BCUT2D eigenvalue weighted by Crippen LogP contribution is -2.09. The normalized spacial score (nSPS) is 11.7. The lowest BCUT2D eigenvalue weighted by molar-refractivity contribution is 0.669. The average Bonchev–Trinajstić information content (AvgIpc) is 3.73. The van der Waals surface area contributed by atoms with E-state index < -0.39 is 0 Å². The Morgan fingerprint density at radius 2 is 1.02 bits per heavy atom. The third-order valence-corrected chi connectivity index (χ3v) is 10.8. The van der Waals surface area contributed by atoms with E-state index in [-0.39, 0.29) is 0 Å². The predicted molar refractivity (Wildman–Crippen MR) is 210 cm³/mol. The third kappa shape index (κ3) is 4.70. The summed E-state index contributed by atoms with van der Waals surface area (Å²) < 4.78 is 8.95. The van der Waals surface area contributed by atoms with Gasteiger partial charge in [-0.15, -0.1) is 11.3 Å². The van der Waals surface area contributed by atoms with Gasteiger partial charge in [0.15, 0.2) is 0 Å². The standard InChI is InChI=1S/C46H29NOS/c1-2-13-37-31(9-1)10-8-16-38(37)33-12-7-11-32(27-33)30-19-21-34(22-20-30)47(35-24-26-46-42(28-35)41-15-4-6-18-45(41)49-46)36-23-25-40-39-14-3-5-17-43(39)48-44(40)29-36/h1-29H. The van der Waals surface area contributed by atoms with Crippen molar-refractivity contribution in [3.05, 3.63) is 176 Å². The van der Waals surface area contributed by atoms with Crippen LogP contribution < -0.4 is 4.90 Å². The van der Waals surface area contributed by atoms with Gasteiger partial charge in [0.25, 0.3) is 0 Å². The molecule has 0 fully saturated rings. The molecule has 230 valence electrons. The molecule has 0 bridgehead atoms. The highest BCUT2D eigenvalue weighted by atomic mass is 32.1. The van der Waals surface area contributed by atoms with Crippen LogP contribution in [0.4, 0.5) is 17.1 Å². The number of hydrogen-bond acceptors (Lipinski definition) is 3. The Balaban J connectivity index is 1.09. The van der Waals surface area contributed by atoms with Gasteiger partial charge in [-0.2, -0.15) is 0 Å². The van der Waals surface area contributed by atoms with Crippen molar-refractivity contribution in [1.82, 2.24) is 0 Å². The van der Waals surface area contributed by atoms with Gasteiger partial charge in [0.05, 0.1) is 0 Å². The first-order chi connectivity index (χ1) is 24.3. The summed E-state index contributed by atoms with van der Waals surface area (Å²) in [7, 11) is 0. The van der Waals surface area contributed by atoms with E-state index in [1.165, 1.54) is 53.2 Å². The number of nitrogens with zero attached hydrogens (tertiary/aromatic N) is 1. The Hall–Kier alpha value is -6.16. The number of thiophene rings is 1. The molecule has 0 spiro atoms. The highest BCUT2D eigenvalue weighted by Gasteiger charge is 2.17. The summed E-state index contributed by atoms with van der Waals surface area (Å²) in [6.45, 7) is 0. The van der Waals surface area contributed by atoms with Gasteiger partial charge in [-0.25, -0.2) is 0 Å². The van der Waals surface area contributed by atoms with Crippen LogP contribution in [0.1, 0.15) is 0 Å². The second-order valence-electron chi connectivity index (χ2n) is 12.5. The Morgan fingerprint density at radius 3 is 1.94 bits per heavy atom. The maximum absolute atomic E-state index is 6.36. The van der Waals surface area contributed by atoms with Crippen LogP contribution in [-0.4, -0.2) is 0 Å². The fraction of sp³-hybridized carbons (Fsp3) is 0. The van der Waals surface area contributed by atoms with Crippen molar-refractivity contribution in [2.75, 3.05) is 4.90 Å². The van der Waals surface area contributed by atoms with Crippen LogP contribution in [0.25, 0.3) is 75.1 Å². The average molecular weight is 644 g/mol. The Kier molecular flexibility index (Phi) is 6.39. The molecule has 2 heterocycles. The molecule has 3 heteroatoms. The molecule has 0 aliphatic heterocycles. The summed E-state index contributed by atoms with van der Waals surface area (Å²) in [6.07, 6.45) is 0. The van der Waals surface area contributed by atoms with Crippen molar-refractivity contribution in [3.63, 3.8) is 0 Å². The second-order valence-corrected chi connectivity index (χ2v) is 13.6. The van der Waals surface area contributed by atoms with Crippen LogP contribution in [0.15, 0.2) is 180 Å². The van der Waals surface area contributed by atoms with Gasteiger partial charge in [0.2, 0.25) is 0 Å². The van der Waals surface area contributed by atoms with E-state index in [9.17, 15) is 0 Å². The number of fused-ring (bicyclic) bond motifs is 7. The molecule has 2 aromatic heterocycles. The van der Waals surface area contributed by atoms with Crippen LogP contribution in [0.3, 0.4) is 0 Å². The molecule has 0 N–H and O–H groups in total. The van der Waals surface area contributed by atoms with Crippen molar-refractivity contribution in [3.8, 4) is 22.3 Å². The summed E-state index contributed by atoms with van der Waals surface area (Å²) >= 11 is 1.84. The number of anilines is 3. The quantitative estimate of drug-likeness (QED) is 0.186. The number of rotatable bonds is 5. The molecule has 49 heavy (non-hydrogen) atoms. The molecule has 0 aliphatic carbocycles. The molecule has 0 unspecified atom stereocenters. The largest absolute Gasteiger partial charge is 0.456 e. The van der Waals surface area contributed by atoms with Crippen LogP contribution in [0, 0.1) is 0 Å². The number of benzene rings is 8. The van der Waals surface area contributed by atoms with Crippen molar-refractivity contribution in [2.24, 2.45) is 0 Å². The van der Waals surface area contributed by atoms with E-state index in [0.29, 0.717) is 0 Å². The maximum atomic E-state index is 6.36. The molecule has 10 aromatic rings. The molecule has 0 atom stereocenters. The second kappa shape index (κ2) is 11.2. The first-order valence-electron chi connectivity index (χ1n) is 16.6. The Morgan fingerprint density at radius 1 is 0.367 bits per heavy atom. The minimum atomic E-state index is 0.882. The van der Waals surface area contributed by atoms with E-state index in [1.54, 1.807) is 0 Å². The van der Waals surface area contributed by atoms with E-state index in [0.717, 1.165) is 39.0 Å². The molecule has 0 amide bonds. The predicted octanol–water partition coefficient (Wildman–Crippen LogP) is 13.9. The van der Waals surface area contributed by atoms with Gasteiger partial charge in [0, 0.05) is 54.1 Å². The summed E-state index contributed by atoms with van der Waals surface area (Å²) in [6, 6.07) is 63.3. The zero-order chi connectivity index (χ0) is 32.3. The molecule has 2 nitrogen and oxygen atoms in total. The molecule has 0 saturated carbocycles. The molecular weight excluding hydrogens is 615 g/mol. The lowest BCUT2D eigenvalue weighted by Gasteiger charge is -2.26. The van der Waals surface area contributed by atoms with Crippen LogP contribution in [-0.2, 0) is 0 Å². The van der Waals surface area contributed by atoms with Gasteiger partial charge >= 0.3 is 0 Å². The summed E-state index contributed by atoms with van der Waals surface area (Å²) in [5, 5.41) is 7.35. The molecule has 0 saturated heterocycles.